The lowest BCUT2D eigenvalue weighted by Crippen LogP contribution is -2.42. The first-order valence-electron chi connectivity index (χ1n) is 6.84. The van der Waals surface area contributed by atoms with Gasteiger partial charge >= 0.3 is 0 Å². The van der Waals surface area contributed by atoms with E-state index in [-0.39, 0.29) is 0 Å². The Morgan fingerprint density at radius 3 is 2.81 bits per heavy atom. The minimum absolute atomic E-state index is 0.345. The molecule has 2 aliphatic rings. The van der Waals surface area contributed by atoms with E-state index in [1.165, 1.54) is 51.6 Å². The quantitative estimate of drug-likeness (QED) is 0.427. The van der Waals surface area contributed by atoms with E-state index < -0.39 is 0 Å². The zero-order valence-electron chi connectivity index (χ0n) is 10.3. The molecule has 3 heteroatoms. The third-order valence-corrected chi connectivity index (χ3v) is 4.25. The van der Waals surface area contributed by atoms with Crippen LogP contribution >= 0.6 is 0 Å². The number of likely N-dealkylation sites (tertiary alicyclic amines) is 1. The molecule has 2 fully saturated rings. The second-order valence-corrected chi connectivity index (χ2v) is 5.42. The van der Waals surface area contributed by atoms with Crippen LogP contribution in [-0.2, 0) is 0 Å². The Kier molecular flexibility index (Phi) is 4.22. The maximum atomic E-state index is 7.20. The molecule has 0 amide bonds. The average Bonchev–Trinajstić information content (AvgIpc) is 2.72. The van der Waals surface area contributed by atoms with Gasteiger partial charge in [0.15, 0.2) is 0 Å². The first kappa shape index (κ1) is 11.9. The molecule has 1 aliphatic carbocycles. The van der Waals surface area contributed by atoms with Crippen LogP contribution in [0.1, 0.15) is 51.4 Å². The van der Waals surface area contributed by atoms with Gasteiger partial charge in [0.2, 0.25) is 0 Å². The maximum absolute atomic E-state index is 7.20. The summed E-state index contributed by atoms with van der Waals surface area (Å²) in [7, 11) is 0. The highest BCUT2D eigenvalue weighted by Gasteiger charge is 2.34. The zero-order chi connectivity index (χ0) is 11.4. The van der Waals surface area contributed by atoms with Gasteiger partial charge in [-0.15, -0.1) is 0 Å². The summed E-state index contributed by atoms with van der Waals surface area (Å²) in [4.78, 5) is 2.71. The fourth-order valence-corrected chi connectivity index (χ4v) is 3.47. The summed E-state index contributed by atoms with van der Waals surface area (Å²) in [5.74, 6) is 1.35. The van der Waals surface area contributed by atoms with E-state index in [0.717, 1.165) is 24.8 Å². The molecule has 0 aromatic carbocycles. The number of rotatable bonds is 5. The van der Waals surface area contributed by atoms with Crippen LogP contribution in [0.4, 0.5) is 0 Å². The van der Waals surface area contributed by atoms with Gasteiger partial charge in [0.25, 0.3) is 0 Å². The van der Waals surface area contributed by atoms with Crippen molar-refractivity contribution in [3.63, 3.8) is 0 Å². The fourth-order valence-electron chi connectivity index (χ4n) is 3.47. The predicted octanol–water partition coefficient (Wildman–Crippen LogP) is 2.36. The Morgan fingerprint density at radius 2 is 2.00 bits per heavy atom. The molecule has 0 aromatic rings. The Labute approximate surface area is 98.9 Å². The highest BCUT2D eigenvalue weighted by atomic mass is 15.2. The largest absolute Gasteiger partial charge is 0.388 e. The Hall–Kier alpha value is -0.570. The van der Waals surface area contributed by atoms with Crippen LogP contribution in [0.15, 0.2) is 0 Å². The Bertz CT molecular complexity index is 239. The summed E-state index contributed by atoms with van der Waals surface area (Å²) in [5.41, 5.74) is 5.37. The fraction of sp³-hybridized carbons (Fsp3) is 0.923. The molecular formula is C13H25N3. The molecule has 0 bridgehead atoms. The highest BCUT2D eigenvalue weighted by molar-refractivity contribution is 5.76. The summed E-state index contributed by atoms with van der Waals surface area (Å²) >= 11 is 0. The lowest BCUT2D eigenvalue weighted by Gasteiger charge is -2.37. The van der Waals surface area contributed by atoms with Crippen LogP contribution in [0, 0.1) is 11.3 Å². The number of nitrogens with one attached hydrogen (secondary N) is 1. The number of hydrogen-bond acceptors (Lipinski definition) is 2. The molecule has 2 unspecified atom stereocenters. The van der Waals surface area contributed by atoms with Gasteiger partial charge < -0.3 is 10.6 Å². The number of unbranched alkanes of at least 4 members (excludes halogenated alkanes) is 1. The summed E-state index contributed by atoms with van der Waals surface area (Å²) in [5, 5.41) is 7.20. The van der Waals surface area contributed by atoms with Crippen molar-refractivity contribution < 1.29 is 0 Å². The van der Waals surface area contributed by atoms with Crippen molar-refractivity contribution in [1.29, 1.82) is 5.41 Å². The molecular weight excluding hydrogens is 198 g/mol. The van der Waals surface area contributed by atoms with Crippen LogP contribution in [0.2, 0.25) is 0 Å². The first-order chi connectivity index (χ1) is 7.77. The number of nitrogens with zero attached hydrogens (tertiary/aromatic N) is 1. The monoisotopic (exact) mass is 223 g/mol. The Morgan fingerprint density at radius 1 is 1.19 bits per heavy atom. The third-order valence-electron chi connectivity index (χ3n) is 4.25. The van der Waals surface area contributed by atoms with E-state index in [1.54, 1.807) is 0 Å². The van der Waals surface area contributed by atoms with E-state index in [0.29, 0.717) is 5.84 Å². The van der Waals surface area contributed by atoms with Gasteiger partial charge in [-0.05, 0) is 57.5 Å². The molecule has 92 valence electrons. The van der Waals surface area contributed by atoms with Crippen molar-refractivity contribution in [2.24, 2.45) is 11.7 Å². The number of piperidine rings is 1. The zero-order valence-corrected chi connectivity index (χ0v) is 10.3. The molecule has 0 aromatic heterocycles. The smallest absolute Gasteiger partial charge is 0.0905 e. The number of hydrogen-bond donors (Lipinski definition) is 2. The summed E-state index contributed by atoms with van der Waals surface area (Å²) in [6.07, 6.45) is 10.3. The second kappa shape index (κ2) is 5.67. The van der Waals surface area contributed by atoms with Gasteiger partial charge in [0.05, 0.1) is 5.84 Å². The van der Waals surface area contributed by atoms with Crippen LogP contribution in [-0.4, -0.2) is 29.9 Å². The van der Waals surface area contributed by atoms with Gasteiger partial charge in [-0.3, -0.25) is 5.41 Å². The summed E-state index contributed by atoms with van der Waals surface area (Å²) in [6, 6.07) is 0.895. The van der Waals surface area contributed by atoms with E-state index in [2.05, 4.69) is 4.90 Å². The number of nitrogens with two attached hydrogens (primary N) is 1. The summed E-state index contributed by atoms with van der Waals surface area (Å²) in [6.45, 7) is 2.54. The summed E-state index contributed by atoms with van der Waals surface area (Å²) < 4.78 is 0. The van der Waals surface area contributed by atoms with E-state index in [4.69, 9.17) is 11.1 Å². The standard InChI is InChI=1S/C13H25N3/c14-13(15)8-1-2-9-16-10-4-6-11-5-3-7-12(11)16/h11-12H,1-10H2,(H3,14,15). The molecule has 1 heterocycles. The van der Waals surface area contributed by atoms with Gasteiger partial charge in [-0.2, -0.15) is 0 Å². The molecule has 0 radical (unpaired) electrons. The molecule has 3 nitrogen and oxygen atoms in total. The van der Waals surface area contributed by atoms with Crippen molar-refractivity contribution in [2.45, 2.75) is 57.4 Å². The third kappa shape index (κ3) is 2.97. The van der Waals surface area contributed by atoms with Gasteiger partial charge in [-0.1, -0.05) is 6.42 Å². The SMILES string of the molecule is N=C(N)CCCCN1CCCC2CCCC21. The molecule has 1 saturated heterocycles. The maximum Gasteiger partial charge on any atom is 0.0905 e. The molecule has 2 rings (SSSR count). The van der Waals surface area contributed by atoms with Gasteiger partial charge in [-0.25, -0.2) is 0 Å². The number of amidine groups is 1. The normalized spacial score (nSPS) is 30.2. The van der Waals surface area contributed by atoms with Crippen LogP contribution < -0.4 is 5.73 Å². The molecule has 2 atom stereocenters. The van der Waals surface area contributed by atoms with E-state index in [1.807, 2.05) is 0 Å². The minimum atomic E-state index is 0.345. The topological polar surface area (TPSA) is 53.1 Å². The van der Waals surface area contributed by atoms with Crippen molar-refractivity contribution in [2.75, 3.05) is 13.1 Å². The average molecular weight is 223 g/mol. The molecule has 16 heavy (non-hydrogen) atoms. The second-order valence-electron chi connectivity index (χ2n) is 5.42. The van der Waals surface area contributed by atoms with Gasteiger partial charge in [0.1, 0.15) is 0 Å². The lowest BCUT2D eigenvalue weighted by molar-refractivity contribution is 0.111. The molecule has 1 aliphatic heterocycles. The van der Waals surface area contributed by atoms with Crippen LogP contribution in [0.3, 0.4) is 0 Å². The molecule has 0 spiro atoms. The van der Waals surface area contributed by atoms with Crippen LogP contribution in [0.5, 0.6) is 0 Å². The Balaban J connectivity index is 1.69. The first-order valence-corrected chi connectivity index (χ1v) is 6.84. The van der Waals surface area contributed by atoms with Crippen molar-refractivity contribution in [3.8, 4) is 0 Å². The van der Waals surface area contributed by atoms with Crippen molar-refractivity contribution in [3.05, 3.63) is 0 Å². The highest BCUT2D eigenvalue weighted by Crippen LogP contribution is 2.36. The van der Waals surface area contributed by atoms with Crippen molar-refractivity contribution in [1.82, 2.24) is 4.90 Å². The molecule has 3 N–H and O–H groups in total. The van der Waals surface area contributed by atoms with Crippen molar-refractivity contribution >= 4 is 5.84 Å². The van der Waals surface area contributed by atoms with Crippen LogP contribution in [0.25, 0.3) is 0 Å². The number of fused-ring (bicyclic) bond motifs is 1. The molecule has 1 saturated carbocycles. The predicted molar refractivity (Wildman–Crippen MR) is 67.7 cm³/mol. The van der Waals surface area contributed by atoms with E-state index >= 15 is 0 Å². The van der Waals surface area contributed by atoms with Gasteiger partial charge in [0, 0.05) is 12.5 Å². The van der Waals surface area contributed by atoms with E-state index in [9.17, 15) is 0 Å². The minimum Gasteiger partial charge on any atom is -0.388 e. The lowest BCUT2D eigenvalue weighted by atomic mass is 9.92.